The predicted octanol–water partition coefficient (Wildman–Crippen LogP) is 3.22. The van der Waals surface area contributed by atoms with Crippen LogP contribution >= 0.6 is 23.4 Å². The van der Waals surface area contributed by atoms with E-state index in [4.69, 9.17) is 11.6 Å². The zero-order chi connectivity index (χ0) is 10.1. The summed E-state index contributed by atoms with van der Waals surface area (Å²) in [5.41, 5.74) is 1.01. The van der Waals surface area contributed by atoms with Crippen molar-refractivity contribution >= 4 is 34.4 Å². The number of hydrogen-bond donors (Lipinski definition) is 1. The molecule has 14 heavy (non-hydrogen) atoms. The topological polar surface area (TPSA) is 28.7 Å². The van der Waals surface area contributed by atoms with E-state index >= 15 is 0 Å². The highest BCUT2D eigenvalue weighted by Gasteiger charge is 2.09. The van der Waals surface area contributed by atoms with Crippen molar-refractivity contribution < 1.29 is 4.39 Å². The van der Waals surface area contributed by atoms with Gasteiger partial charge < -0.3 is 4.98 Å². The zero-order valence-electron chi connectivity index (χ0n) is 7.47. The monoisotopic (exact) mass is 230 g/mol. The van der Waals surface area contributed by atoms with Gasteiger partial charge in [0.05, 0.1) is 16.3 Å². The molecule has 0 aliphatic heterocycles. The lowest BCUT2D eigenvalue weighted by molar-refractivity contribution is 0.637. The number of rotatable bonds is 2. The number of nitrogens with zero attached hydrogens (tertiary/aromatic N) is 1. The Morgan fingerprint density at radius 3 is 3.07 bits per heavy atom. The van der Waals surface area contributed by atoms with Crippen molar-refractivity contribution in [3.63, 3.8) is 0 Å². The van der Waals surface area contributed by atoms with Crippen molar-refractivity contribution in [3.8, 4) is 0 Å². The van der Waals surface area contributed by atoms with Crippen LogP contribution in [0.15, 0.2) is 12.1 Å². The van der Waals surface area contributed by atoms with Crippen molar-refractivity contribution in [2.75, 3.05) is 6.26 Å². The number of H-pyrrole nitrogens is 1. The summed E-state index contributed by atoms with van der Waals surface area (Å²) in [5.74, 6) is 1.06. The number of benzene rings is 1. The molecule has 0 fully saturated rings. The number of nitrogens with one attached hydrogen (secondary N) is 1. The van der Waals surface area contributed by atoms with Crippen LogP contribution < -0.4 is 0 Å². The summed E-state index contributed by atoms with van der Waals surface area (Å²) in [6.07, 6.45) is 1.97. The molecule has 0 aliphatic carbocycles. The van der Waals surface area contributed by atoms with Gasteiger partial charge >= 0.3 is 0 Å². The van der Waals surface area contributed by atoms with E-state index < -0.39 is 5.82 Å². The number of hydrogen-bond acceptors (Lipinski definition) is 2. The summed E-state index contributed by atoms with van der Waals surface area (Å²) >= 11 is 7.27. The summed E-state index contributed by atoms with van der Waals surface area (Å²) in [6, 6.07) is 3.26. The fourth-order valence-corrected chi connectivity index (χ4v) is 1.84. The van der Waals surface area contributed by atoms with Gasteiger partial charge in [0.1, 0.15) is 11.3 Å². The van der Waals surface area contributed by atoms with Gasteiger partial charge in [0.15, 0.2) is 5.82 Å². The Hall–Kier alpha value is -0.740. The maximum Gasteiger partial charge on any atom is 0.169 e. The van der Waals surface area contributed by atoms with Crippen molar-refractivity contribution in [1.82, 2.24) is 9.97 Å². The van der Waals surface area contributed by atoms with E-state index in [2.05, 4.69) is 9.97 Å². The van der Waals surface area contributed by atoms with Gasteiger partial charge in [0.2, 0.25) is 0 Å². The molecule has 2 aromatic rings. The molecule has 0 bridgehead atoms. The van der Waals surface area contributed by atoms with Crippen LogP contribution in [0, 0.1) is 5.82 Å². The van der Waals surface area contributed by atoms with Gasteiger partial charge in [-0.2, -0.15) is 11.8 Å². The van der Waals surface area contributed by atoms with Crippen LogP contribution in [-0.4, -0.2) is 16.2 Å². The molecule has 0 amide bonds. The second kappa shape index (κ2) is 3.79. The van der Waals surface area contributed by atoms with Gasteiger partial charge in [-0.15, -0.1) is 0 Å². The van der Waals surface area contributed by atoms with E-state index in [1.807, 2.05) is 6.26 Å². The van der Waals surface area contributed by atoms with Crippen LogP contribution in [-0.2, 0) is 5.75 Å². The first-order valence-electron chi connectivity index (χ1n) is 4.04. The Morgan fingerprint density at radius 2 is 2.36 bits per heavy atom. The van der Waals surface area contributed by atoms with E-state index in [1.165, 1.54) is 6.07 Å². The third-order valence-electron chi connectivity index (χ3n) is 1.88. The first kappa shape index (κ1) is 9.80. The molecular formula is C9H8ClFN2S. The van der Waals surface area contributed by atoms with Gasteiger partial charge in [0, 0.05) is 0 Å². The summed E-state index contributed by atoms with van der Waals surface area (Å²) in [5, 5.41) is 0.111. The summed E-state index contributed by atoms with van der Waals surface area (Å²) in [7, 11) is 0. The lowest BCUT2D eigenvalue weighted by atomic mass is 10.3. The molecule has 0 atom stereocenters. The molecule has 5 heteroatoms. The van der Waals surface area contributed by atoms with Gasteiger partial charge in [-0.25, -0.2) is 9.37 Å². The third-order valence-corrected chi connectivity index (χ3v) is 2.73. The van der Waals surface area contributed by atoms with Crippen molar-refractivity contribution in [2.45, 2.75) is 5.75 Å². The second-order valence-corrected chi connectivity index (χ2v) is 4.15. The molecule has 0 aliphatic rings. The number of thioether (sulfide) groups is 1. The quantitative estimate of drug-likeness (QED) is 0.858. The standard InChI is InChI=1S/C9H8ClFN2S/c1-14-4-7-12-6-3-2-5(10)8(11)9(6)13-7/h2-3H,4H2,1H3,(H,12,13). The van der Waals surface area contributed by atoms with E-state index in [9.17, 15) is 4.39 Å². The molecule has 0 unspecified atom stereocenters. The van der Waals surface area contributed by atoms with Crippen LogP contribution in [0.3, 0.4) is 0 Å². The number of imidazole rings is 1. The Bertz CT molecular complexity index is 469. The molecule has 0 spiro atoms. The minimum absolute atomic E-state index is 0.111. The molecule has 1 heterocycles. The van der Waals surface area contributed by atoms with Gasteiger partial charge in [-0.3, -0.25) is 0 Å². The Balaban J connectivity index is 2.59. The second-order valence-electron chi connectivity index (χ2n) is 2.87. The number of aromatic amines is 1. The SMILES string of the molecule is CSCc1nc2c(F)c(Cl)ccc2[nH]1. The van der Waals surface area contributed by atoms with Crippen LogP contribution in [0.5, 0.6) is 0 Å². The van der Waals surface area contributed by atoms with Gasteiger partial charge in [-0.05, 0) is 18.4 Å². The molecule has 1 N–H and O–H groups in total. The molecule has 0 radical (unpaired) electrons. The number of fused-ring (bicyclic) bond motifs is 1. The van der Waals surface area contributed by atoms with E-state index in [-0.39, 0.29) is 5.02 Å². The van der Waals surface area contributed by atoms with E-state index in [0.29, 0.717) is 11.0 Å². The smallest absolute Gasteiger partial charge is 0.169 e. The normalized spacial score (nSPS) is 11.1. The fourth-order valence-electron chi connectivity index (χ4n) is 1.27. The van der Waals surface area contributed by atoms with Crippen LogP contribution in [0.2, 0.25) is 5.02 Å². The maximum atomic E-state index is 13.4. The van der Waals surface area contributed by atoms with E-state index in [0.717, 1.165) is 11.6 Å². The van der Waals surface area contributed by atoms with Crippen LogP contribution in [0.1, 0.15) is 5.82 Å². The first-order chi connectivity index (χ1) is 6.72. The number of aromatic nitrogens is 2. The molecule has 0 saturated carbocycles. The highest BCUT2D eigenvalue weighted by molar-refractivity contribution is 7.97. The van der Waals surface area contributed by atoms with Crippen molar-refractivity contribution in [1.29, 1.82) is 0 Å². The highest BCUT2D eigenvalue weighted by atomic mass is 35.5. The molecule has 74 valence electrons. The average Bonchev–Trinajstić information content (AvgIpc) is 2.56. The molecule has 0 saturated heterocycles. The molecule has 2 rings (SSSR count). The highest BCUT2D eigenvalue weighted by Crippen LogP contribution is 2.23. The Morgan fingerprint density at radius 1 is 1.57 bits per heavy atom. The molecular weight excluding hydrogens is 223 g/mol. The van der Waals surface area contributed by atoms with Gasteiger partial charge in [-0.1, -0.05) is 11.6 Å². The summed E-state index contributed by atoms with van der Waals surface area (Å²) in [6.45, 7) is 0. The largest absolute Gasteiger partial charge is 0.341 e. The lowest BCUT2D eigenvalue weighted by Crippen LogP contribution is -1.81. The number of halogens is 2. The fraction of sp³-hybridized carbons (Fsp3) is 0.222. The lowest BCUT2D eigenvalue weighted by Gasteiger charge is -1.92. The average molecular weight is 231 g/mol. The molecule has 2 nitrogen and oxygen atoms in total. The van der Waals surface area contributed by atoms with Crippen LogP contribution in [0.4, 0.5) is 4.39 Å². The maximum absolute atomic E-state index is 13.4. The third kappa shape index (κ3) is 1.60. The zero-order valence-corrected chi connectivity index (χ0v) is 9.05. The molecule has 1 aromatic carbocycles. The predicted molar refractivity (Wildman–Crippen MR) is 58.3 cm³/mol. The van der Waals surface area contributed by atoms with Crippen molar-refractivity contribution in [2.24, 2.45) is 0 Å². The first-order valence-corrected chi connectivity index (χ1v) is 5.81. The Kier molecular flexibility index (Phi) is 2.65. The van der Waals surface area contributed by atoms with E-state index in [1.54, 1.807) is 17.8 Å². The summed E-state index contributed by atoms with van der Waals surface area (Å²) in [4.78, 5) is 7.16. The van der Waals surface area contributed by atoms with Crippen molar-refractivity contribution in [3.05, 3.63) is 28.8 Å². The Labute approximate surface area is 89.9 Å². The van der Waals surface area contributed by atoms with Crippen LogP contribution in [0.25, 0.3) is 11.0 Å². The molecule has 1 aromatic heterocycles. The minimum Gasteiger partial charge on any atom is -0.341 e. The summed E-state index contributed by atoms with van der Waals surface area (Å²) < 4.78 is 13.4. The minimum atomic E-state index is -0.451. The van der Waals surface area contributed by atoms with Gasteiger partial charge in [0.25, 0.3) is 0 Å².